The minimum atomic E-state index is 0.0273. The first-order chi connectivity index (χ1) is 8.26. The molecule has 0 aliphatic carbocycles. The summed E-state index contributed by atoms with van der Waals surface area (Å²) in [4.78, 5) is 22.5. The van der Waals surface area contributed by atoms with Crippen molar-refractivity contribution in [3.05, 3.63) is 11.8 Å². The van der Waals surface area contributed by atoms with Crippen molar-refractivity contribution in [3.8, 4) is 0 Å². The first kappa shape index (κ1) is 12.2. The summed E-state index contributed by atoms with van der Waals surface area (Å²) in [6.07, 6.45) is 5.71. The summed E-state index contributed by atoms with van der Waals surface area (Å²) in [5.74, 6) is 0.640. The zero-order valence-corrected chi connectivity index (χ0v) is 10.9. The Morgan fingerprint density at radius 1 is 1.47 bits per heavy atom. The minimum absolute atomic E-state index is 0.0273. The standard InChI is InChI=1S/C11H16N4OS/c1-12-9-8(7-13-11(14-9)17-2)10(16)15-5-3-4-6-15/h7H,3-6H2,1-2H3,(H,12,13,14). The molecule has 6 heteroatoms. The van der Waals surface area contributed by atoms with Crippen LogP contribution in [0.25, 0.3) is 0 Å². The van der Waals surface area contributed by atoms with Crippen LogP contribution in [0, 0.1) is 0 Å². The highest BCUT2D eigenvalue weighted by Gasteiger charge is 2.22. The predicted molar refractivity (Wildman–Crippen MR) is 68.5 cm³/mol. The molecule has 0 spiro atoms. The van der Waals surface area contributed by atoms with Gasteiger partial charge in [0.15, 0.2) is 5.16 Å². The number of anilines is 1. The fourth-order valence-corrected chi connectivity index (χ4v) is 2.24. The molecule has 1 aliphatic rings. The monoisotopic (exact) mass is 252 g/mol. The van der Waals surface area contributed by atoms with Crippen molar-refractivity contribution >= 4 is 23.5 Å². The predicted octanol–water partition coefficient (Wildman–Crippen LogP) is 1.48. The minimum Gasteiger partial charge on any atom is -0.372 e. The van der Waals surface area contributed by atoms with E-state index in [1.165, 1.54) is 11.8 Å². The third-order valence-electron chi connectivity index (χ3n) is 2.81. The molecule has 0 atom stereocenters. The van der Waals surface area contributed by atoms with Gasteiger partial charge in [-0.3, -0.25) is 4.79 Å². The molecule has 0 radical (unpaired) electrons. The van der Waals surface area contributed by atoms with Crippen molar-refractivity contribution in [2.24, 2.45) is 0 Å². The number of carbonyl (C=O) groups excluding carboxylic acids is 1. The zero-order valence-electron chi connectivity index (χ0n) is 10.1. The Hall–Kier alpha value is -1.30. The van der Waals surface area contributed by atoms with E-state index in [9.17, 15) is 4.79 Å². The molecule has 0 saturated carbocycles. The lowest BCUT2D eigenvalue weighted by molar-refractivity contribution is 0.0793. The van der Waals surface area contributed by atoms with Gasteiger partial charge in [0.1, 0.15) is 11.4 Å². The van der Waals surface area contributed by atoms with Crippen LogP contribution >= 0.6 is 11.8 Å². The molecule has 1 fully saturated rings. The van der Waals surface area contributed by atoms with Crippen molar-refractivity contribution in [1.82, 2.24) is 14.9 Å². The summed E-state index contributed by atoms with van der Waals surface area (Å²) in [6.45, 7) is 1.68. The number of nitrogens with zero attached hydrogens (tertiary/aromatic N) is 3. The SMILES string of the molecule is CNc1nc(SC)ncc1C(=O)N1CCCC1. The third-order valence-corrected chi connectivity index (χ3v) is 3.37. The molecule has 1 aliphatic heterocycles. The molecule has 1 amide bonds. The van der Waals surface area contributed by atoms with Crippen LogP contribution in [-0.2, 0) is 0 Å². The van der Waals surface area contributed by atoms with Gasteiger partial charge in [-0.05, 0) is 19.1 Å². The number of rotatable bonds is 3. The number of nitrogens with one attached hydrogen (secondary N) is 1. The van der Waals surface area contributed by atoms with E-state index in [0.717, 1.165) is 25.9 Å². The van der Waals surface area contributed by atoms with Gasteiger partial charge in [0.25, 0.3) is 5.91 Å². The first-order valence-electron chi connectivity index (χ1n) is 5.64. The summed E-state index contributed by atoms with van der Waals surface area (Å²) >= 11 is 1.46. The normalized spacial score (nSPS) is 15.1. The molecule has 17 heavy (non-hydrogen) atoms. The van der Waals surface area contributed by atoms with Crippen molar-refractivity contribution in [2.45, 2.75) is 18.0 Å². The van der Waals surface area contributed by atoms with Crippen molar-refractivity contribution in [3.63, 3.8) is 0 Å². The Kier molecular flexibility index (Phi) is 3.83. The van der Waals surface area contributed by atoms with Crippen LogP contribution in [0.2, 0.25) is 0 Å². The summed E-state index contributed by atoms with van der Waals surface area (Å²) < 4.78 is 0. The van der Waals surface area contributed by atoms with Gasteiger partial charge in [-0.25, -0.2) is 9.97 Å². The maximum absolute atomic E-state index is 12.2. The quantitative estimate of drug-likeness (QED) is 0.652. The highest BCUT2D eigenvalue weighted by atomic mass is 32.2. The summed E-state index contributed by atoms with van der Waals surface area (Å²) in [5.41, 5.74) is 0.562. The maximum Gasteiger partial charge on any atom is 0.259 e. The van der Waals surface area contributed by atoms with Crippen molar-refractivity contribution in [2.75, 3.05) is 31.7 Å². The van der Waals surface area contributed by atoms with Gasteiger partial charge in [-0.1, -0.05) is 11.8 Å². The maximum atomic E-state index is 12.2. The lowest BCUT2D eigenvalue weighted by Gasteiger charge is -2.16. The van der Waals surface area contributed by atoms with E-state index in [2.05, 4.69) is 15.3 Å². The van der Waals surface area contributed by atoms with Crippen LogP contribution in [0.15, 0.2) is 11.4 Å². The largest absolute Gasteiger partial charge is 0.372 e. The molecule has 1 N–H and O–H groups in total. The number of carbonyl (C=O) groups is 1. The third kappa shape index (κ3) is 2.52. The number of likely N-dealkylation sites (tertiary alicyclic amines) is 1. The number of hydrogen-bond donors (Lipinski definition) is 1. The van der Waals surface area contributed by atoms with E-state index in [0.29, 0.717) is 16.5 Å². The molecule has 5 nitrogen and oxygen atoms in total. The van der Waals surface area contributed by atoms with Gasteiger partial charge in [-0.15, -0.1) is 0 Å². The average molecular weight is 252 g/mol. The van der Waals surface area contributed by atoms with Gasteiger partial charge in [-0.2, -0.15) is 0 Å². The Morgan fingerprint density at radius 2 is 2.18 bits per heavy atom. The van der Waals surface area contributed by atoms with Gasteiger partial charge >= 0.3 is 0 Å². The van der Waals surface area contributed by atoms with Crippen LogP contribution in [0.3, 0.4) is 0 Å². The summed E-state index contributed by atoms with van der Waals surface area (Å²) in [6, 6.07) is 0. The lowest BCUT2D eigenvalue weighted by atomic mass is 10.2. The fraction of sp³-hybridized carbons (Fsp3) is 0.545. The van der Waals surface area contributed by atoms with Crippen LogP contribution < -0.4 is 5.32 Å². The number of amides is 1. The van der Waals surface area contributed by atoms with E-state index < -0.39 is 0 Å². The molecule has 1 aromatic rings. The van der Waals surface area contributed by atoms with Crippen LogP contribution in [0.5, 0.6) is 0 Å². The second-order valence-corrected chi connectivity index (χ2v) is 4.64. The molecule has 2 heterocycles. The molecule has 1 saturated heterocycles. The topological polar surface area (TPSA) is 58.1 Å². The summed E-state index contributed by atoms with van der Waals surface area (Å²) in [7, 11) is 1.77. The fourth-order valence-electron chi connectivity index (χ4n) is 1.90. The van der Waals surface area contributed by atoms with E-state index in [-0.39, 0.29) is 5.91 Å². The molecule has 0 bridgehead atoms. The van der Waals surface area contributed by atoms with Crippen LogP contribution in [0.1, 0.15) is 23.2 Å². The Morgan fingerprint density at radius 3 is 2.76 bits per heavy atom. The highest BCUT2D eigenvalue weighted by Crippen LogP contribution is 2.19. The van der Waals surface area contributed by atoms with Crippen LogP contribution in [-0.4, -0.2) is 47.2 Å². The second kappa shape index (κ2) is 5.35. The van der Waals surface area contributed by atoms with E-state index in [4.69, 9.17) is 0 Å². The van der Waals surface area contributed by atoms with Crippen molar-refractivity contribution < 1.29 is 4.79 Å². The molecule has 0 aromatic carbocycles. The molecule has 2 rings (SSSR count). The Balaban J connectivity index is 2.27. The van der Waals surface area contributed by atoms with Gasteiger partial charge in [0.05, 0.1) is 0 Å². The Labute approximate surface area is 105 Å². The Bertz CT molecular complexity index is 418. The smallest absolute Gasteiger partial charge is 0.259 e. The molecular formula is C11H16N4OS. The van der Waals surface area contributed by atoms with Crippen LogP contribution in [0.4, 0.5) is 5.82 Å². The lowest BCUT2D eigenvalue weighted by Crippen LogP contribution is -2.28. The van der Waals surface area contributed by atoms with E-state index >= 15 is 0 Å². The number of thioether (sulfide) groups is 1. The highest BCUT2D eigenvalue weighted by molar-refractivity contribution is 7.98. The molecule has 1 aromatic heterocycles. The van der Waals surface area contributed by atoms with Gasteiger partial charge in [0, 0.05) is 26.3 Å². The summed E-state index contributed by atoms with van der Waals surface area (Å²) in [5, 5.41) is 3.64. The molecule has 0 unspecified atom stereocenters. The van der Waals surface area contributed by atoms with Gasteiger partial charge in [0.2, 0.25) is 0 Å². The second-order valence-electron chi connectivity index (χ2n) is 3.87. The average Bonchev–Trinajstić information content (AvgIpc) is 2.91. The van der Waals surface area contributed by atoms with E-state index in [1.807, 2.05) is 11.2 Å². The zero-order chi connectivity index (χ0) is 12.3. The number of hydrogen-bond acceptors (Lipinski definition) is 5. The number of aromatic nitrogens is 2. The van der Waals surface area contributed by atoms with E-state index in [1.54, 1.807) is 13.2 Å². The van der Waals surface area contributed by atoms with Gasteiger partial charge < -0.3 is 10.2 Å². The van der Waals surface area contributed by atoms with Crippen molar-refractivity contribution in [1.29, 1.82) is 0 Å². The molecular weight excluding hydrogens is 236 g/mol. The molecule has 92 valence electrons. The first-order valence-corrected chi connectivity index (χ1v) is 6.86.